The van der Waals surface area contributed by atoms with Gasteiger partial charge in [0.1, 0.15) is 6.10 Å². The summed E-state index contributed by atoms with van der Waals surface area (Å²) in [5, 5.41) is 3.40. The van der Waals surface area contributed by atoms with E-state index in [2.05, 4.69) is 17.2 Å². The molecular formula is C12H18N2O2. The molecule has 0 unspecified atom stereocenters. The van der Waals surface area contributed by atoms with E-state index in [1.54, 1.807) is 7.11 Å². The van der Waals surface area contributed by atoms with Gasteiger partial charge in [-0.1, -0.05) is 6.07 Å². The molecule has 0 saturated carbocycles. The van der Waals surface area contributed by atoms with E-state index in [0.717, 1.165) is 19.4 Å². The zero-order valence-electron chi connectivity index (χ0n) is 9.77. The normalized spacial score (nSPS) is 25.1. The lowest BCUT2D eigenvalue weighted by Gasteiger charge is -2.27. The molecule has 4 nitrogen and oxygen atoms in total. The number of ether oxygens (including phenoxy) is 2. The first-order valence-electron chi connectivity index (χ1n) is 5.69. The van der Waals surface area contributed by atoms with Crippen LogP contribution >= 0.6 is 0 Å². The Morgan fingerprint density at radius 2 is 2.12 bits per heavy atom. The molecule has 16 heavy (non-hydrogen) atoms. The van der Waals surface area contributed by atoms with Gasteiger partial charge in [-0.25, -0.2) is 0 Å². The summed E-state index contributed by atoms with van der Waals surface area (Å²) in [6, 6.07) is 6.16. The van der Waals surface area contributed by atoms with Gasteiger partial charge in [0.05, 0.1) is 7.11 Å². The van der Waals surface area contributed by atoms with Gasteiger partial charge in [-0.15, -0.1) is 0 Å². The van der Waals surface area contributed by atoms with Gasteiger partial charge < -0.3 is 14.8 Å². The van der Waals surface area contributed by atoms with Gasteiger partial charge in [0.25, 0.3) is 0 Å². The molecule has 1 aromatic heterocycles. The van der Waals surface area contributed by atoms with Crippen LogP contribution in [0.15, 0.2) is 18.2 Å². The molecule has 1 saturated heterocycles. The second kappa shape index (κ2) is 5.16. The fourth-order valence-electron chi connectivity index (χ4n) is 1.82. The molecule has 0 aromatic carbocycles. The Balaban J connectivity index is 1.93. The molecule has 2 atom stereocenters. The van der Waals surface area contributed by atoms with Gasteiger partial charge in [-0.05, 0) is 19.8 Å². The van der Waals surface area contributed by atoms with Crippen LogP contribution in [0.4, 0.5) is 0 Å². The van der Waals surface area contributed by atoms with E-state index in [1.807, 2.05) is 18.2 Å². The summed E-state index contributed by atoms with van der Waals surface area (Å²) in [7, 11) is 1.61. The van der Waals surface area contributed by atoms with E-state index in [-0.39, 0.29) is 6.10 Å². The summed E-state index contributed by atoms with van der Waals surface area (Å²) in [5.74, 6) is 1.23. The Kier molecular flexibility index (Phi) is 3.62. The van der Waals surface area contributed by atoms with Crippen molar-refractivity contribution in [2.45, 2.75) is 31.9 Å². The van der Waals surface area contributed by atoms with Gasteiger partial charge in [0.2, 0.25) is 11.8 Å². The molecule has 0 amide bonds. The molecule has 4 heteroatoms. The SMILES string of the molecule is COc1cccc(O[C@H]2CC[C@@H](C)NC2)n1. The number of nitrogens with one attached hydrogen (secondary N) is 1. The lowest BCUT2D eigenvalue weighted by Crippen LogP contribution is -2.42. The van der Waals surface area contributed by atoms with Crippen molar-refractivity contribution < 1.29 is 9.47 Å². The number of piperidine rings is 1. The van der Waals surface area contributed by atoms with Crippen molar-refractivity contribution in [3.8, 4) is 11.8 Å². The van der Waals surface area contributed by atoms with Crippen LogP contribution in [-0.2, 0) is 0 Å². The van der Waals surface area contributed by atoms with Crippen molar-refractivity contribution in [2.24, 2.45) is 0 Å². The molecule has 1 aromatic rings. The summed E-state index contributed by atoms with van der Waals surface area (Å²) in [6.45, 7) is 3.08. The predicted octanol–water partition coefficient (Wildman–Crippen LogP) is 1.61. The van der Waals surface area contributed by atoms with Gasteiger partial charge in [0.15, 0.2) is 0 Å². The number of rotatable bonds is 3. The highest BCUT2D eigenvalue weighted by Crippen LogP contribution is 2.17. The van der Waals surface area contributed by atoms with Crippen molar-refractivity contribution in [3.63, 3.8) is 0 Å². The van der Waals surface area contributed by atoms with E-state index in [4.69, 9.17) is 9.47 Å². The van der Waals surface area contributed by atoms with Crippen LogP contribution in [0.1, 0.15) is 19.8 Å². The molecule has 1 N–H and O–H groups in total. The zero-order valence-corrected chi connectivity index (χ0v) is 9.77. The van der Waals surface area contributed by atoms with Gasteiger partial charge in [0, 0.05) is 24.7 Å². The maximum absolute atomic E-state index is 5.79. The molecule has 1 aliphatic heterocycles. The first kappa shape index (κ1) is 11.2. The monoisotopic (exact) mass is 222 g/mol. The van der Waals surface area contributed by atoms with E-state index < -0.39 is 0 Å². The van der Waals surface area contributed by atoms with E-state index in [0.29, 0.717) is 17.8 Å². The third-order valence-electron chi connectivity index (χ3n) is 2.81. The van der Waals surface area contributed by atoms with Crippen LogP contribution in [0.25, 0.3) is 0 Å². The smallest absolute Gasteiger partial charge is 0.216 e. The van der Waals surface area contributed by atoms with Crippen LogP contribution in [0.2, 0.25) is 0 Å². The summed E-state index contributed by atoms with van der Waals surface area (Å²) in [5.41, 5.74) is 0. The first-order valence-corrected chi connectivity index (χ1v) is 5.69. The number of hydrogen-bond donors (Lipinski definition) is 1. The average molecular weight is 222 g/mol. The van der Waals surface area contributed by atoms with Crippen LogP contribution in [0.5, 0.6) is 11.8 Å². The molecule has 88 valence electrons. The molecule has 2 rings (SSSR count). The lowest BCUT2D eigenvalue weighted by atomic mass is 10.0. The predicted molar refractivity (Wildman–Crippen MR) is 61.9 cm³/mol. The van der Waals surface area contributed by atoms with Crippen molar-refractivity contribution in [3.05, 3.63) is 18.2 Å². The highest BCUT2D eigenvalue weighted by atomic mass is 16.5. The Hall–Kier alpha value is -1.29. The third kappa shape index (κ3) is 2.85. The van der Waals surface area contributed by atoms with Gasteiger partial charge in [-0.2, -0.15) is 4.98 Å². The molecule has 0 bridgehead atoms. The second-order valence-electron chi connectivity index (χ2n) is 4.14. The fraction of sp³-hybridized carbons (Fsp3) is 0.583. The number of nitrogens with zero attached hydrogens (tertiary/aromatic N) is 1. The van der Waals surface area contributed by atoms with Crippen LogP contribution in [0, 0.1) is 0 Å². The highest BCUT2D eigenvalue weighted by Gasteiger charge is 2.19. The van der Waals surface area contributed by atoms with Crippen molar-refractivity contribution in [1.29, 1.82) is 0 Å². The van der Waals surface area contributed by atoms with Crippen molar-refractivity contribution >= 4 is 0 Å². The summed E-state index contributed by atoms with van der Waals surface area (Å²) >= 11 is 0. The molecular weight excluding hydrogens is 204 g/mol. The lowest BCUT2D eigenvalue weighted by molar-refractivity contribution is 0.145. The molecule has 0 aliphatic carbocycles. The minimum Gasteiger partial charge on any atom is -0.481 e. The third-order valence-corrected chi connectivity index (χ3v) is 2.81. The maximum Gasteiger partial charge on any atom is 0.216 e. The highest BCUT2D eigenvalue weighted by molar-refractivity contribution is 5.19. The van der Waals surface area contributed by atoms with Crippen LogP contribution in [0.3, 0.4) is 0 Å². The molecule has 0 radical (unpaired) electrons. The average Bonchev–Trinajstić information content (AvgIpc) is 2.32. The molecule has 0 spiro atoms. The number of aromatic nitrogens is 1. The molecule has 2 heterocycles. The topological polar surface area (TPSA) is 43.4 Å². The van der Waals surface area contributed by atoms with Crippen LogP contribution in [-0.4, -0.2) is 30.8 Å². The summed E-state index contributed by atoms with van der Waals surface area (Å²) < 4.78 is 10.8. The minimum absolute atomic E-state index is 0.218. The molecule has 1 fully saturated rings. The van der Waals surface area contributed by atoms with Crippen molar-refractivity contribution in [2.75, 3.05) is 13.7 Å². The Bertz CT molecular complexity index is 336. The Morgan fingerprint density at radius 1 is 1.31 bits per heavy atom. The first-order chi connectivity index (χ1) is 7.78. The summed E-state index contributed by atoms with van der Waals surface area (Å²) in [4.78, 5) is 4.23. The zero-order chi connectivity index (χ0) is 11.4. The van der Waals surface area contributed by atoms with Gasteiger partial charge in [-0.3, -0.25) is 0 Å². The standard InChI is InChI=1S/C12H18N2O2/c1-9-6-7-10(8-13-9)16-12-5-3-4-11(14-12)15-2/h3-5,9-10,13H,6-8H2,1-2H3/t9-,10+/m1/s1. The number of hydrogen-bond acceptors (Lipinski definition) is 4. The van der Waals surface area contributed by atoms with Crippen LogP contribution < -0.4 is 14.8 Å². The van der Waals surface area contributed by atoms with E-state index in [1.165, 1.54) is 0 Å². The molecule has 1 aliphatic rings. The Morgan fingerprint density at radius 3 is 2.81 bits per heavy atom. The summed E-state index contributed by atoms with van der Waals surface area (Å²) in [6.07, 6.45) is 2.44. The van der Waals surface area contributed by atoms with Gasteiger partial charge >= 0.3 is 0 Å². The van der Waals surface area contributed by atoms with E-state index >= 15 is 0 Å². The quantitative estimate of drug-likeness (QED) is 0.843. The maximum atomic E-state index is 5.79. The Labute approximate surface area is 96.0 Å². The van der Waals surface area contributed by atoms with E-state index in [9.17, 15) is 0 Å². The number of methoxy groups -OCH3 is 1. The van der Waals surface area contributed by atoms with Crippen molar-refractivity contribution in [1.82, 2.24) is 10.3 Å². The minimum atomic E-state index is 0.218. The largest absolute Gasteiger partial charge is 0.481 e. The number of pyridine rings is 1. The fourth-order valence-corrected chi connectivity index (χ4v) is 1.82. The second-order valence-corrected chi connectivity index (χ2v) is 4.14.